The summed E-state index contributed by atoms with van der Waals surface area (Å²) >= 11 is 0. The van der Waals surface area contributed by atoms with Gasteiger partial charge in [-0.25, -0.2) is 9.59 Å². The fourth-order valence-electron chi connectivity index (χ4n) is 2.19. The van der Waals surface area contributed by atoms with Crippen LogP contribution in [0.25, 0.3) is 0 Å². The summed E-state index contributed by atoms with van der Waals surface area (Å²) in [5.41, 5.74) is 0.600. The van der Waals surface area contributed by atoms with E-state index >= 15 is 0 Å². The number of ether oxygens (including phenoxy) is 2. The molecule has 1 rings (SSSR count). The van der Waals surface area contributed by atoms with Crippen LogP contribution in [-0.2, 0) is 19.1 Å². The lowest BCUT2D eigenvalue weighted by Crippen LogP contribution is -2.18. The lowest BCUT2D eigenvalue weighted by Gasteiger charge is -2.11. The zero-order valence-corrected chi connectivity index (χ0v) is 14.3. The molecular formula is C19H28O4. The topological polar surface area (TPSA) is 52.6 Å². The molecule has 1 aliphatic rings. The minimum atomic E-state index is -0.454. The standard InChI is InChI=1S/C19H28O4/c1-3-5-10-14-22-18(20)16-12-8-7-9-13-17(16)19(21)23-15-11-6-4-2/h7-8,12-13H,3-6,9-11,14-15H2,1-2H3. The van der Waals surface area contributed by atoms with Crippen LogP contribution < -0.4 is 0 Å². The molecule has 4 heteroatoms. The van der Waals surface area contributed by atoms with Crippen LogP contribution in [-0.4, -0.2) is 25.2 Å². The van der Waals surface area contributed by atoms with E-state index in [0.717, 1.165) is 38.5 Å². The van der Waals surface area contributed by atoms with E-state index in [9.17, 15) is 9.59 Å². The van der Waals surface area contributed by atoms with Gasteiger partial charge in [0.15, 0.2) is 0 Å². The molecule has 1 aliphatic carbocycles. The Hall–Kier alpha value is -1.84. The highest BCUT2D eigenvalue weighted by atomic mass is 16.5. The van der Waals surface area contributed by atoms with Gasteiger partial charge in [0.1, 0.15) is 0 Å². The van der Waals surface area contributed by atoms with Crippen molar-refractivity contribution in [2.24, 2.45) is 0 Å². The molecule has 0 heterocycles. The first-order valence-electron chi connectivity index (χ1n) is 8.62. The van der Waals surface area contributed by atoms with Crippen molar-refractivity contribution in [1.82, 2.24) is 0 Å². The number of hydrogen-bond donors (Lipinski definition) is 0. The van der Waals surface area contributed by atoms with Crippen LogP contribution >= 0.6 is 0 Å². The molecule has 0 saturated heterocycles. The Kier molecular flexibility index (Phi) is 9.76. The van der Waals surface area contributed by atoms with E-state index in [1.807, 2.05) is 6.08 Å². The third-order valence-electron chi connectivity index (χ3n) is 3.55. The fourth-order valence-corrected chi connectivity index (χ4v) is 2.19. The first-order valence-corrected chi connectivity index (χ1v) is 8.62. The smallest absolute Gasteiger partial charge is 0.338 e. The molecule has 0 N–H and O–H groups in total. The van der Waals surface area contributed by atoms with Crippen molar-refractivity contribution in [3.63, 3.8) is 0 Å². The Bertz CT molecular complexity index is 472. The van der Waals surface area contributed by atoms with E-state index in [1.54, 1.807) is 18.2 Å². The summed E-state index contributed by atoms with van der Waals surface area (Å²) in [7, 11) is 0. The second kappa shape index (κ2) is 11.7. The Morgan fingerprint density at radius 3 is 2.04 bits per heavy atom. The Morgan fingerprint density at radius 2 is 1.48 bits per heavy atom. The van der Waals surface area contributed by atoms with E-state index in [2.05, 4.69) is 13.8 Å². The lowest BCUT2D eigenvalue weighted by atomic mass is 10.1. The van der Waals surface area contributed by atoms with Crippen LogP contribution in [0.3, 0.4) is 0 Å². The summed E-state index contributed by atoms with van der Waals surface area (Å²) < 4.78 is 10.6. The maximum absolute atomic E-state index is 12.2. The molecule has 4 nitrogen and oxygen atoms in total. The van der Waals surface area contributed by atoms with E-state index in [0.29, 0.717) is 25.2 Å². The Morgan fingerprint density at radius 1 is 0.913 bits per heavy atom. The average Bonchev–Trinajstić information content (AvgIpc) is 2.81. The van der Waals surface area contributed by atoms with Gasteiger partial charge < -0.3 is 9.47 Å². The summed E-state index contributed by atoms with van der Waals surface area (Å²) in [6.07, 6.45) is 13.5. The van der Waals surface area contributed by atoms with Gasteiger partial charge in [0.05, 0.1) is 24.4 Å². The Labute approximate surface area is 139 Å². The number of hydrogen-bond acceptors (Lipinski definition) is 4. The van der Waals surface area contributed by atoms with Gasteiger partial charge in [-0.05, 0) is 25.3 Å². The minimum absolute atomic E-state index is 0.288. The monoisotopic (exact) mass is 320 g/mol. The zero-order chi connectivity index (χ0) is 16.9. The summed E-state index contributed by atoms with van der Waals surface area (Å²) in [6, 6.07) is 0. The van der Waals surface area contributed by atoms with Gasteiger partial charge in [0.25, 0.3) is 0 Å². The van der Waals surface area contributed by atoms with Crippen molar-refractivity contribution < 1.29 is 19.1 Å². The predicted octanol–water partition coefficient (Wildman–Crippen LogP) is 4.27. The van der Waals surface area contributed by atoms with Gasteiger partial charge >= 0.3 is 11.9 Å². The molecule has 23 heavy (non-hydrogen) atoms. The number of rotatable bonds is 10. The molecule has 0 aromatic carbocycles. The normalized spacial score (nSPS) is 13.8. The molecular weight excluding hydrogens is 292 g/mol. The van der Waals surface area contributed by atoms with E-state index in [1.165, 1.54) is 0 Å². The van der Waals surface area contributed by atoms with Gasteiger partial charge in [0, 0.05) is 0 Å². The summed E-state index contributed by atoms with van der Waals surface area (Å²) in [6.45, 7) is 4.95. The predicted molar refractivity (Wildman–Crippen MR) is 90.9 cm³/mol. The molecule has 0 fully saturated rings. The number of allylic oxidation sites excluding steroid dienone is 4. The first kappa shape index (κ1) is 19.2. The molecule has 0 aromatic rings. The molecule has 0 amide bonds. The number of carbonyl (C=O) groups excluding carboxylic acids is 2. The van der Waals surface area contributed by atoms with Gasteiger partial charge in [-0.1, -0.05) is 57.8 Å². The molecule has 0 atom stereocenters. The van der Waals surface area contributed by atoms with Crippen molar-refractivity contribution in [3.05, 3.63) is 35.5 Å². The number of esters is 2. The zero-order valence-electron chi connectivity index (χ0n) is 14.3. The van der Waals surface area contributed by atoms with Crippen LogP contribution in [0.4, 0.5) is 0 Å². The third kappa shape index (κ3) is 7.31. The van der Waals surface area contributed by atoms with Crippen LogP contribution in [0.5, 0.6) is 0 Å². The molecule has 0 radical (unpaired) electrons. The quantitative estimate of drug-likeness (QED) is 0.445. The number of carbonyl (C=O) groups is 2. The van der Waals surface area contributed by atoms with Crippen LogP contribution in [0, 0.1) is 0 Å². The highest BCUT2D eigenvalue weighted by Gasteiger charge is 2.23. The largest absolute Gasteiger partial charge is 0.462 e. The highest BCUT2D eigenvalue weighted by Crippen LogP contribution is 2.19. The van der Waals surface area contributed by atoms with Crippen LogP contribution in [0.15, 0.2) is 35.5 Å². The Balaban J connectivity index is 2.62. The lowest BCUT2D eigenvalue weighted by molar-refractivity contribution is -0.142. The van der Waals surface area contributed by atoms with Gasteiger partial charge in [-0.15, -0.1) is 0 Å². The molecule has 0 bridgehead atoms. The second-order valence-corrected chi connectivity index (χ2v) is 5.55. The molecule has 0 unspecified atom stereocenters. The van der Waals surface area contributed by atoms with Gasteiger partial charge in [-0.2, -0.15) is 0 Å². The maximum Gasteiger partial charge on any atom is 0.338 e. The summed E-state index contributed by atoms with van der Waals surface area (Å²) in [5.74, 6) is -0.897. The molecule has 128 valence electrons. The average molecular weight is 320 g/mol. The van der Waals surface area contributed by atoms with Gasteiger partial charge in [0.2, 0.25) is 0 Å². The van der Waals surface area contributed by atoms with Crippen molar-refractivity contribution in [2.75, 3.05) is 13.2 Å². The van der Waals surface area contributed by atoms with E-state index < -0.39 is 11.9 Å². The van der Waals surface area contributed by atoms with E-state index in [4.69, 9.17) is 9.47 Å². The van der Waals surface area contributed by atoms with Crippen molar-refractivity contribution in [3.8, 4) is 0 Å². The molecule has 0 spiro atoms. The fraction of sp³-hybridized carbons (Fsp3) is 0.579. The van der Waals surface area contributed by atoms with E-state index in [-0.39, 0.29) is 5.57 Å². The highest BCUT2D eigenvalue weighted by molar-refractivity contribution is 6.07. The van der Waals surface area contributed by atoms with Crippen molar-refractivity contribution in [1.29, 1.82) is 0 Å². The third-order valence-corrected chi connectivity index (χ3v) is 3.55. The first-order chi connectivity index (χ1) is 11.2. The van der Waals surface area contributed by atoms with Crippen LogP contribution in [0.1, 0.15) is 58.8 Å². The summed E-state index contributed by atoms with van der Waals surface area (Å²) in [5, 5.41) is 0. The minimum Gasteiger partial charge on any atom is -0.462 e. The SMILES string of the molecule is CCCCCOC(=O)C1=CC=CCC=C1C(=O)OCCCCC. The molecule has 0 aromatic heterocycles. The van der Waals surface area contributed by atoms with Gasteiger partial charge in [-0.3, -0.25) is 0 Å². The number of unbranched alkanes of at least 4 members (excludes halogenated alkanes) is 4. The maximum atomic E-state index is 12.2. The molecule has 0 saturated carbocycles. The molecule has 0 aliphatic heterocycles. The van der Waals surface area contributed by atoms with Crippen LogP contribution in [0.2, 0.25) is 0 Å². The van der Waals surface area contributed by atoms with Crippen molar-refractivity contribution >= 4 is 11.9 Å². The van der Waals surface area contributed by atoms with Crippen molar-refractivity contribution in [2.45, 2.75) is 58.8 Å². The summed E-state index contributed by atoms with van der Waals surface area (Å²) in [4.78, 5) is 24.5. The second-order valence-electron chi connectivity index (χ2n) is 5.55.